The molecular formula is C15H19NO2. The maximum Gasteiger partial charge on any atom is 0.137 e. The van der Waals surface area contributed by atoms with E-state index in [1.807, 2.05) is 6.07 Å². The summed E-state index contributed by atoms with van der Waals surface area (Å²) in [5.41, 5.74) is 8.43. The first-order valence-electron chi connectivity index (χ1n) is 6.58. The first-order chi connectivity index (χ1) is 8.75. The lowest BCUT2D eigenvalue weighted by Gasteiger charge is -2.26. The van der Waals surface area contributed by atoms with Gasteiger partial charge >= 0.3 is 0 Å². The second kappa shape index (κ2) is 4.75. The van der Waals surface area contributed by atoms with Gasteiger partial charge in [-0.2, -0.15) is 0 Å². The molecule has 3 rings (SSSR count). The molecule has 2 atom stereocenters. The van der Waals surface area contributed by atoms with Gasteiger partial charge in [-0.25, -0.2) is 0 Å². The van der Waals surface area contributed by atoms with E-state index in [2.05, 4.69) is 25.1 Å². The molecule has 2 aromatic rings. The van der Waals surface area contributed by atoms with Crippen LogP contribution in [0.15, 0.2) is 28.7 Å². The molecule has 1 fully saturated rings. The van der Waals surface area contributed by atoms with Gasteiger partial charge in [-0.05, 0) is 31.4 Å². The highest BCUT2D eigenvalue weighted by Crippen LogP contribution is 2.31. The van der Waals surface area contributed by atoms with Gasteiger partial charge in [0.05, 0.1) is 12.6 Å². The van der Waals surface area contributed by atoms with Crippen LogP contribution in [0.3, 0.4) is 0 Å². The largest absolute Gasteiger partial charge is 0.459 e. The van der Waals surface area contributed by atoms with Crippen LogP contribution in [-0.2, 0) is 4.74 Å². The van der Waals surface area contributed by atoms with Gasteiger partial charge in [0, 0.05) is 17.9 Å². The molecule has 2 heterocycles. The average Bonchev–Trinajstić information content (AvgIpc) is 2.84. The van der Waals surface area contributed by atoms with Gasteiger partial charge in [0.15, 0.2) is 0 Å². The summed E-state index contributed by atoms with van der Waals surface area (Å²) in [6.07, 6.45) is 2.22. The number of ether oxygens (including phenoxy) is 1. The predicted octanol–water partition coefficient (Wildman–Crippen LogP) is 3.17. The molecule has 0 aliphatic carbocycles. The lowest BCUT2D eigenvalue weighted by atomic mass is 9.93. The third-order valence-corrected chi connectivity index (χ3v) is 3.79. The average molecular weight is 245 g/mol. The van der Waals surface area contributed by atoms with Gasteiger partial charge < -0.3 is 14.9 Å². The standard InChI is InChI=1S/C15H19NO2/c1-10-4-2-5-11-8-13(18-15(10)11)14(16)12-6-3-7-17-9-12/h2,4-5,8,12,14H,3,6-7,9,16H2,1H3. The molecule has 1 aromatic heterocycles. The van der Waals surface area contributed by atoms with Crippen LogP contribution >= 0.6 is 0 Å². The fraction of sp³-hybridized carbons (Fsp3) is 0.467. The molecule has 1 aromatic carbocycles. The maximum absolute atomic E-state index is 6.31. The molecule has 0 spiro atoms. The highest BCUT2D eigenvalue weighted by atomic mass is 16.5. The lowest BCUT2D eigenvalue weighted by molar-refractivity contribution is 0.0421. The van der Waals surface area contributed by atoms with Gasteiger partial charge in [0.1, 0.15) is 11.3 Å². The summed E-state index contributed by atoms with van der Waals surface area (Å²) < 4.78 is 11.4. The van der Waals surface area contributed by atoms with Gasteiger partial charge in [-0.1, -0.05) is 18.2 Å². The molecule has 18 heavy (non-hydrogen) atoms. The van der Waals surface area contributed by atoms with Crippen molar-refractivity contribution in [1.29, 1.82) is 0 Å². The van der Waals surface area contributed by atoms with Crippen LogP contribution in [0, 0.1) is 12.8 Å². The van der Waals surface area contributed by atoms with E-state index in [4.69, 9.17) is 14.9 Å². The van der Waals surface area contributed by atoms with E-state index in [1.54, 1.807) is 0 Å². The van der Waals surface area contributed by atoms with Crippen LogP contribution in [0.5, 0.6) is 0 Å². The van der Waals surface area contributed by atoms with Crippen molar-refractivity contribution in [2.45, 2.75) is 25.8 Å². The first-order valence-corrected chi connectivity index (χ1v) is 6.58. The Labute approximate surface area is 107 Å². The monoisotopic (exact) mass is 245 g/mol. The summed E-state index contributed by atoms with van der Waals surface area (Å²) in [5.74, 6) is 1.26. The van der Waals surface area contributed by atoms with Crippen LogP contribution in [0.1, 0.15) is 30.2 Å². The SMILES string of the molecule is Cc1cccc2cc(C(N)C3CCCOC3)oc12. The zero-order chi connectivity index (χ0) is 12.5. The van der Waals surface area contributed by atoms with Crippen molar-refractivity contribution in [2.24, 2.45) is 11.7 Å². The van der Waals surface area contributed by atoms with Crippen molar-refractivity contribution in [3.63, 3.8) is 0 Å². The van der Waals surface area contributed by atoms with Crippen LogP contribution < -0.4 is 5.73 Å². The van der Waals surface area contributed by atoms with E-state index in [1.165, 1.54) is 0 Å². The Morgan fingerprint density at radius 1 is 1.39 bits per heavy atom. The van der Waals surface area contributed by atoms with E-state index >= 15 is 0 Å². The number of rotatable bonds is 2. The first kappa shape index (κ1) is 11.8. The van der Waals surface area contributed by atoms with E-state index in [0.717, 1.165) is 48.3 Å². The molecule has 3 nitrogen and oxygen atoms in total. The normalized spacial score (nSPS) is 22.2. The third kappa shape index (κ3) is 2.04. The third-order valence-electron chi connectivity index (χ3n) is 3.79. The molecule has 3 heteroatoms. The van der Waals surface area contributed by atoms with Crippen molar-refractivity contribution in [2.75, 3.05) is 13.2 Å². The van der Waals surface area contributed by atoms with Crippen LogP contribution in [-0.4, -0.2) is 13.2 Å². The van der Waals surface area contributed by atoms with Gasteiger partial charge in [0.2, 0.25) is 0 Å². The Morgan fingerprint density at radius 2 is 2.28 bits per heavy atom. The van der Waals surface area contributed by atoms with Crippen molar-refractivity contribution in [3.05, 3.63) is 35.6 Å². The number of benzene rings is 1. The molecule has 1 saturated heterocycles. The minimum atomic E-state index is -0.0582. The molecule has 0 bridgehead atoms. The van der Waals surface area contributed by atoms with Crippen LogP contribution in [0.4, 0.5) is 0 Å². The number of para-hydroxylation sites is 1. The summed E-state index contributed by atoms with van der Waals surface area (Å²) in [6.45, 7) is 3.67. The lowest BCUT2D eigenvalue weighted by Crippen LogP contribution is -2.28. The molecular weight excluding hydrogens is 226 g/mol. The van der Waals surface area contributed by atoms with Gasteiger partial charge in [-0.15, -0.1) is 0 Å². The molecule has 2 unspecified atom stereocenters. The number of nitrogens with two attached hydrogens (primary N) is 1. The molecule has 1 aliphatic heterocycles. The molecule has 1 aliphatic rings. The minimum absolute atomic E-state index is 0.0582. The molecule has 0 saturated carbocycles. The highest BCUT2D eigenvalue weighted by Gasteiger charge is 2.25. The quantitative estimate of drug-likeness (QED) is 0.884. The number of aryl methyl sites for hydroxylation is 1. The summed E-state index contributed by atoms with van der Waals surface area (Å²) in [5, 5.41) is 1.14. The number of hydrogen-bond donors (Lipinski definition) is 1. The summed E-state index contributed by atoms with van der Waals surface area (Å²) >= 11 is 0. The van der Waals surface area contributed by atoms with Gasteiger partial charge in [-0.3, -0.25) is 0 Å². The Morgan fingerprint density at radius 3 is 3.00 bits per heavy atom. The highest BCUT2D eigenvalue weighted by molar-refractivity contribution is 5.81. The Kier molecular flexibility index (Phi) is 3.10. The zero-order valence-corrected chi connectivity index (χ0v) is 10.7. The number of hydrogen-bond acceptors (Lipinski definition) is 3. The second-order valence-corrected chi connectivity index (χ2v) is 5.15. The molecule has 2 N–H and O–H groups in total. The zero-order valence-electron chi connectivity index (χ0n) is 10.7. The van der Waals surface area contributed by atoms with E-state index < -0.39 is 0 Å². The fourth-order valence-electron chi connectivity index (χ4n) is 2.67. The summed E-state index contributed by atoms with van der Waals surface area (Å²) in [6, 6.07) is 8.19. The molecule has 0 radical (unpaired) electrons. The smallest absolute Gasteiger partial charge is 0.137 e. The van der Waals surface area contributed by atoms with E-state index in [0.29, 0.717) is 5.92 Å². The molecule has 0 amide bonds. The minimum Gasteiger partial charge on any atom is -0.459 e. The topological polar surface area (TPSA) is 48.4 Å². The van der Waals surface area contributed by atoms with Crippen molar-refractivity contribution in [3.8, 4) is 0 Å². The number of fused-ring (bicyclic) bond motifs is 1. The second-order valence-electron chi connectivity index (χ2n) is 5.15. The summed E-state index contributed by atoms with van der Waals surface area (Å²) in [7, 11) is 0. The van der Waals surface area contributed by atoms with Crippen molar-refractivity contribution in [1.82, 2.24) is 0 Å². The van der Waals surface area contributed by atoms with Gasteiger partial charge in [0.25, 0.3) is 0 Å². The van der Waals surface area contributed by atoms with Crippen molar-refractivity contribution < 1.29 is 9.15 Å². The van der Waals surface area contributed by atoms with Crippen LogP contribution in [0.25, 0.3) is 11.0 Å². The molecule has 96 valence electrons. The Bertz CT molecular complexity index is 540. The van der Waals surface area contributed by atoms with E-state index in [-0.39, 0.29) is 6.04 Å². The number of furan rings is 1. The fourth-order valence-corrected chi connectivity index (χ4v) is 2.67. The predicted molar refractivity (Wildman–Crippen MR) is 71.4 cm³/mol. The summed E-state index contributed by atoms with van der Waals surface area (Å²) in [4.78, 5) is 0. The van der Waals surface area contributed by atoms with Crippen molar-refractivity contribution >= 4 is 11.0 Å². The van der Waals surface area contributed by atoms with E-state index in [9.17, 15) is 0 Å². The Hall–Kier alpha value is -1.32. The maximum atomic E-state index is 6.31. The Balaban J connectivity index is 1.91. The van der Waals surface area contributed by atoms with Crippen LogP contribution in [0.2, 0.25) is 0 Å².